The van der Waals surface area contributed by atoms with Gasteiger partial charge in [0.05, 0.1) is 13.2 Å². The highest BCUT2D eigenvalue weighted by atomic mass is 16.5. The Bertz CT molecular complexity index is 344. The number of hydrogen-bond acceptors (Lipinski definition) is 4. The van der Waals surface area contributed by atoms with Gasteiger partial charge < -0.3 is 19.9 Å². The van der Waals surface area contributed by atoms with Crippen LogP contribution in [0.2, 0.25) is 0 Å². The predicted octanol–water partition coefficient (Wildman–Crippen LogP) is -0.676. The number of nitrogens with zero attached hydrogens (tertiary/aromatic N) is 3. The van der Waals surface area contributed by atoms with Crippen LogP contribution in [0.25, 0.3) is 0 Å². The third-order valence-electron chi connectivity index (χ3n) is 2.42. The fourth-order valence-corrected chi connectivity index (χ4v) is 1.53. The summed E-state index contributed by atoms with van der Waals surface area (Å²) in [5, 5.41) is 0. The topological polar surface area (TPSA) is 73.4 Å². The van der Waals surface area contributed by atoms with Gasteiger partial charge in [-0.3, -0.25) is 4.79 Å². The van der Waals surface area contributed by atoms with Gasteiger partial charge >= 0.3 is 0 Å². The Balaban J connectivity index is 1.94. The van der Waals surface area contributed by atoms with Crippen molar-refractivity contribution in [3.05, 3.63) is 12.4 Å². The van der Waals surface area contributed by atoms with E-state index in [1.807, 2.05) is 0 Å². The molecule has 2 N–H and O–H groups in total. The number of rotatable bonds is 2. The number of nitrogen functional groups attached to an aromatic ring is 1. The maximum atomic E-state index is 11.8. The van der Waals surface area contributed by atoms with Crippen LogP contribution in [0.3, 0.4) is 0 Å². The molecule has 6 nitrogen and oxygen atoms in total. The van der Waals surface area contributed by atoms with Gasteiger partial charge in [-0.15, -0.1) is 0 Å². The van der Waals surface area contributed by atoms with E-state index in [-0.39, 0.29) is 12.5 Å². The van der Waals surface area contributed by atoms with Gasteiger partial charge in [0.15, 0.2) is 0 Å². The van der Waals surface area contributed by atoms with Crippen molar-refractivity contribution in [3.63, 3.8) is 0 Å². The molecule has 1 aliphatic heterocycles. The molecule has 0 spiro atoms. The van der Waals surface area contributed by atoms with Gasteiger partial charge in [-0.1, -0.05) is 0 Å². The molecule has 15 heavy (non-hydrogen) atoms. The number of hydrogen-bond donors (Lipinski definition) is 1. The molecule has 0 radical (unpaired) electrons. The molecule has 1 aromatic heterocycles. The molecular formula is C9H14N4O2. The van der Waals surface area contributed by atoms with E-state index in [1.54, 1.807) is 21.9 Å². The van der Waals surface area contributed by atoms with E-state index in [2.05, 4.69) is 4.98 Å². The SMILES string of the molecule is Nc1nccn1CC(=O)N1CCOCC1. The van der Waals surface area contributed by atoms with Crippen LogP contribution in [0.1, 0.15) is 0 Å². The third kappa shape index (κ3) is 2.27. The number of anilines is 1. The number of carbonyl (C=O) groups is 1. The second kappa shape index (κ2) is 4.31. The average molecular weight is 210 g/mol. The minimum absolute atomic E-state index is 0.0583. The molecule has 0 aromatic carbocycles. The zero-order valence-electron chi connectivity index (χ0n) is 8.43. The first-order valence-corrected chi connectivity index (χ1v) is 4.89. The minimum atomic E-state index is 0.0583. The quantitative estimate of drug-likeness (QED) is 0.702. The van der Waals surface area contributed by atoms with Crippen LogP contribution in [0, 0.1) is 0 Å². The number of nitrogens with two attached hydrogens (primary N) is 1. The van der Waals surface area contributed by atoms with E-state index in [0.717, 1.165) is 0 Å². The fraction of sp³-hybridized carbons (Fsp3) is 0.556. The Morgan fingerprint density at radius 2 is 2.27 bits per heavy atom. The van der Waals surface area contributed by atoms with Gasteiger partial charge in [-0.05, 0) is 0 Å². The third-order valence-corrected chi connectivity index (χ3v) is 2.42. The molecule has 6 heteroatoms. The molecule has 2 heterocycles. The number of morpholine rings is 1. The van der Waals surface area contributed by atoms with Gasteiger partial charge in [0.2, 0.25) is 11.9 Å². The Morgan fingerprint density at radius 3 is 2.87 bits per heavy atom. The molecule has 1 aromatic rings. The van der Waals surface area contributed by atoms with Crippen molar-refractivity contribution in [2.24, 2.45) is 0 Å². The van der Waals surface area contributed by atoms with Gasteiger partial charge in [0, 0.05) is 25.5 Å². The molecule has 0 atom stereocenters. The number of aromatic nitrogens is 2. The number of ether oxygens (including phenoxy) is 1. The van der Waals surface area contributed by atoms with Gasteiger partial charge in [-0.2, -0.15) is 0 Å². The normalized spacial score (nSPS) is 16.7. The van der Waals surface area contributed by atoms with Crippen molar-refractivity contribution in [1.82, 2.24) is 14.5 Å². The largest absolute Gasteiger partial charge is 0.378 e. The Labute approximate surface area is 87.6 Å². The van der Waals surface area contributed by atoms with Gasteiger partial charge in [0.1, 0.15) is 6.54 Å². The maximum Gasteiger partial charge on any atom is 0.242 e. The standard InChI is InChI=1S/C9H14N4O2/c10-9-11-1-2-13(9)7-8(14)12-3-5-15-6-4-12/h1-2H,3-7H2,(H2,10,11). The maximum absolute atomic E-state index is 11.8. The average Bonchev–Trinajstić information content (AvgIpc) is 2.66. The molecular weight excluding hydrogens is 196 g/mol. The Kier molecular flexibility index (Phi) is 2.86. The summed E-state index contributed by atoms with van der Waals surface area (Å²) < 4.78 is 6.81. The molecule has 82 valence electrons. The fourth-order valence-electron chi connectivity index (χ4n) is 1.53. The molecule has 0 bridgehead atoms. The van der Waals surface area contributed by atoms with Crippen LogP contribution in [-0.4, -0.2) is 46.7 Å². The second-order valence-corrected chi connectivity index (χ2v) is 3.41. The lowest BCUT2D eigenvalue weighted by Gasteiger charge is -2.27. The molecule has 0 aliphatic carbocycles. The second-order valence-electron chi connectivity index (χ2n) is 3.41. The number of amides is 1. The predicted molar refractivity (Wildman–Crippen MR) is 54.0 cm³/mol. The Hall–Kier alpha value is -1.56. The molecule has 1 aliphatic rings. The van der Waals surface area contributed by atoms with E-state index < -0.39 is 0 Å². The number of imidazole rings is 1. The van der Waals surface area contributed by atoms with Crippen molar-refractivity contribution in [3.8, 4) is 0 Å². The van der Waals surface area contributed by atoms with Crippen molar-refractivity contribution in [2.75, 3.05) is 32.0 Å². The molecule has 1 saturated heterocycles. The summed E-state index contributed by atoms with van der Waals surface area (Å²) >= 11 is 0. The van der Waals surface area contributed by atoms with Crippen molar-refractivity contribution < 1.29 is 9.53 Å². The van der Waals surface area contributed by atoms with Crippen molar-refractivity contribution in [2.45, 2.75) is 6.54 Å². The summed E-state index contributed by atoms with van der Waals surface area (Å²) in [6.07, 6.45) is 3.29. The first-order chi connectivity index (χ1) is 7.27. The van der Waals surface area contributed by atoms with E-state index in [0.29, 0.717) is 32.3 Å². The lowest BCUT2D eigenvalue weighted by Crippen LogP contribution is -2.42. The minimum Gasteiger partial charge on any atom is -0.378 e. The molecule has 1 amide bonds. The summed E-state index contributed by atoms with van der Waals surface area (Å²) in [7, 11) is 0. The molecule has 1 fully saturated rings. The summed E-state index contributed by atoms with van der Waals surface area (Å²) in [5.41, 5.74) is 5.57. The lowest BCUT2D eigenvalue weighted by molar-refractivity contribution is -0.135. The van der Waals surface area contributed by atoms with Crippen molar-refractivity contribution >= 4 is 11.9 Å². The smallest absolute Gasteiger partial charge is 0.242 e. The van der Waals surface area contributed by atoms with Crippen LogP contribution in [-0.2, 0) is 16.1 Å². The van der Waals surface area contributed by atoms with E-state index in [4.69, 9.17) is 10.5 Å². The van der Waals surface area contributed by atoms with Gasteiger partial charge in [-0.25, -0.2) is 4.98 Å². The lowest BCUT2D eigenvalue weighted by atomic mass is 10.4. The van der Waals surface area contributed by atoms with Gasteiger partial charge in [0.25, 0.3) is 0 Å². The molecule has 0 unspecified atom stereocenters. The molecule has 0 saturated carbocycles. The summed E-state index contributed by atoms with van der Waals surface area (Å²) in [6.45, 7) is 2.81. The highest BCUT2D eigenvalue weighted by Gasteiger charge is 2.17. The van der Waals surface area contributed by atoms with E-state index in [1.165, 1.54) is 0 Å². The van der Waals surface area contributed by atoms with Crippen LogP contribution in [0.4, 0.5) is 5.95 Å². The van der Waals surface area contributed by atoms with Crippen LogP contribution >= 0.6 is 0 Å². The monoisotopic (exact) mass is 210 g/mol. The summed E-state index contributed by atoms with van der Waals surface area (Å²) in [4.78, 5) is 17.4. The zero-order valence-corrected chi connectivity index (χ0v) is 8.43. The van der Waals surface area contributed by atoms with Crippen molar-refractivity contribution in [1.29, 1.82) is 0 Å². The zero-order chi connectivity index (χ0) is 10.7. The first kappa shape index (κ1) is 9.97. The van der Waals surface area contributed by atoms with E-state index >= 15 is 0 Å². The van der Waals surface area contributed by atoms with Crippen LogP contribution in [0.5, 0.6) is 0 Å². The van der Waals surface area contributed by atoms with Crippen LogP contribution in [0.15, 0.2) is 12.4 Å². The summed E-state index contributed by atoms with van der Waals surface area (Å²) in [6, 6.07) is 0. The highest BCUT2D eigenvalue weighted by Crippen LogP contribution is 2.03. The molecule has 2 rings (SSSR count). The van der Waals surface area contributed by atoms with Crippen LogP contribution < -0.4 is 5.73 Å². The Morgan fingerprint density at radius 1 is 1.53 bits per heavy atom. The highest BCUT2D eigenvalue weighted by molar-refractivity contribution is 5.76. The first-order valence-electron chi connectivity index (χ1n) is 4.89. The summed E-state index contributed by atoms with van der Waals surface area (Å²) in [5.74, 6) is 0.430. The van der Waals surface area contributed by atoms with E-state index in [9.17, 15) is 4.79 Å². The number of carbonyl (C=O) groups excluding carboxylic acids is 1.